The van der Waals surface area contributed by atoms with Crippen molar-refractivity contribution in [1.29, 1.82) is 0 Å². The lowest BCUT2D eigenvalue weighted by atomic mass is 10.2. The number of aromatic nitrogens is 2. The molecule has 1 aliphatic carbocycles. The van der Waals surface area contributed by atoms with E-state index in [-0.39, 0.29) is 0 Å². The van der Waals surface area contributed by atoms with Gasteiger partial charge in [0.25, 0.3) is 0 Å². The first kappa shape index (κ1) is 12.7. The Balaban J connectivity index is 1.89. The number of anilines is 2. The molecule has 0 aromatic carbocycles. The van der Waals surface area contributed by atoms with Gasteiger partial charge in [0.15, 0.2) is 0 Å². The summed E-state index contributed by atoms with van der Waals surface area (Å²) in [6.07, 6.45) is 3.85. The van der Waals surface area contributed by atoms with Crippen molar-refractivity contribution >= 4 is 33.3 Å². The average Bonchev–Trinajstić information content (AvgIpc) is 2.98. The lowest BCUT2D eigenvalue weighted by Gasteiger charge is -2.08. The van der Waals surface area contributed by atoms with E-state index in [4.69, 9.17) is 0 Å². The Morgan fingerprint density at radius 2 is 2.26 bits per heavy atom. The van der Waals surface area contributed by atoms with Gasteiger partial charge in [0.1, 0.15) is 10.6 Å². The van der Waals surface area contributed by atoms with Crippen LogP contribution in [0.2, 0.25) is 0 Å². The standard InChI is InChI=1S/C14H20N4S/c1-4-5-9-7-11(9)16-12-10-6-8(2)19-13(10)18-14(15-3)17-12/h6,9,11H,4-5,7H2,1-3H3,(H2,15,16,17,18). The molecule has 2 atom stereocenters. The molecule has 0 amide bonds. The van der Waals surface area contributed by atoms with Gasteiger partial charge in [-0.15, -0.1) is 11.3 Å². The highest BCUT2D eigenvalue weighted by atomic mass is 32.1. The van der Waals surface area contributed by atoms with Gasteiger partial charge >= 0.3 is 0 Å². The first-order chi connectivity index (χ1) is 9.21. The van der Waals surface area contributed by atoms with Gasteiger partial charge in [-0.3, -0.25) is 0 Å². The van der Waals surface area contributed by atoms with E-state index in [9.17, 15) is 0 Å². The molecular formula is C14H20N4S. The monoisotopic (exact) mass is 276 g/mol. The van der Waals surface area contributed by atoms with E-state index in [1.54, 1.807) is 11.3 Å². The summed E-state index contributed by atoms with van der Waals surface area (Å²) in [4.78, 5) is 11.4. The highest BCUT2D eigenvalue weighted by Crippen LogP contribution is 2.39. The van der Waals surface area contributed by atoms with E-state index in [0.29, 0.717) is 12.0 Å². The van der Waals surface area contributed by atoms with Gasteiger partial charge in [-0.2, -0.15) is 4.98 Å². The van der Waals surface area contributed by atoms with Crippen LogP contribution in [-0.2, 0) is 0 Å². The van der Waals surface area contributed by atoms with Crippen molar-refractivity contribution in [2.24, 2.45) is 5.92 Å². The predicted octanol–water partition coefficient (Wildman–Crippen LogP) is 3.64. The molecule has 4 nitrogen and oxygen atoms in total. The second-order valence-corrected chi connectivity index (χ2v) is 6.49. The smallest absolute Gasteiger partial charge is 0.225 e. The predicted molar refractivity (Wildman–Crippen MR) is 82.1 cm³/mol. The van der Waals surface area contributed by atoms with Crippen LogP contribution < -0.4 is 10.6 Å². The van der Waals surface area contributed by atoms with Gasteiger partial charge in [-0.05, 0) is 31.7 Å². The van der Waals surface area contributed by atoms with Crippen molar-refractivity contribution in [2.45, 2.75) is 39.2 Å². The van der Waals surface area contributed by atoms with Crippen molar-refractivity contribution in [3.8, 4) is 0 Å². The van der Waals surface area contributed by atoms with E-state index in [0.717, 1.165) is 22.0 Å². The first-order valence-corrected chi connectivity index (χ1v) is 7.75. The number of nitrogens with one attached hydrogen (secondary N) is 2. The van der Waals surface area contributed by atoms with Crippen molar-refractivity contribution in [3.63, 3.8) is 0 Å². The summed E-state index contributed by atoms with van der Waals surface area (Å²) in [5.41, 5.74) is 0. The third-order valence-corrected chi connectivity index (χ3v) is 4.59. The number of aryl methyl sites for hydroxylation is 1. The largest absolute Gasteiger partial charge is 0.366 e. The van der Waals surface area contributed by atoms with Gasteiger partial charge in [0.2, 0.25) is 5.95 Å². The maximum atomic E-state index is 4.58. The van der Waals surface area contributed by atoms with Gasteiger partial charge < -0.3 is 10.6 Å². The summed E-state index contributed by atoms with van der Waals surface area (Å²) in [6.45, 7) is 4.37. The molecule has 2 unspecified atom stereocenters. The molecule has 102 valence electrons. The molecule has 0 aliphatic heterocycles. The number of fused-ring (bicyclic) bond motifs is 1. The minimum absolute atomic E-state index is 0.600. The van der Waals surface area contributed by atoms with Crippen molar-refractivity contribution < 1.29 is 0 Å². The van der Waals surface area contributed by atoms with Crippen LogP contribution >= 0.6 is 11.3 Å². The normalized spacial score (nSPS) is 21.6. The van der Waals surface area contributed by atoms with Crippen LogP contribution in [0.4, 0.5) is 11.8 Å². The molecule has 5 heteroatoms. The number of hydrogen-bond donors (Lipinski definition) is 2. The molecule has 3 rings (SSSR count). The zero-order valence-electron chi connectivity index (χ0n) is 11.7. The second kappa shape index (κ2) is 4.96. The van der Waals surface area contributed by atoms with Crippen LogP contribution in [0.3, 0.4) is 0 Å². The van der Waals surface area contributed by atoms with E-state index < -0.39 is 0 Å². The molecule has 19 heavy (non-hydrogen) atoms. The number of thiophene rings is 1. The molecule has 0 saturated heterocycles. The van der Waals surface area contributed by atoms with Crippen molar-refractivity contribution in [3.05, 3.63) is 10.9 Å². The maximum Gasteiger partial charge on any atom is 0.225 e. The Labute approximate surface area is 117 Å². The highest BCUT2D eigenvalue weighted by molar-refractivity contribution is 7.18. The Kier molecular flexibility index (Phi) is 3.31. The molecule has 1 aliphatic rings. The Hall–Kier alpha value is -1.36. The average molecular weight is 276 g/mol. The van der Waals surface area contributed by atoms with Crippen LogP contribution in [0.25, 0.3) is 10.2 Å². The third-order valence-electron chi connectivity index (χ3n) is 3.64. The van der Waals surface area contributed by atoms with E-state index >= 15 is 0 Å². The lowest BCUT2D eigenvalue weighted by molar-refractivity contribution is 0.692. The fraction of sp³-hybridized carbons (Fsp3) is 0.571. The molecule has 1 saturated carbocycles. The molecule has 0 spiro atoms. The molecule has 0 radical (unpaired) electrons. The van der Waals surface area contributed by atoms with E-state index in [1.807, 2.05) is 7.05 Å². The number of rotatable bonds is 5. The maximum absolute atomic E-state index is 4.58. The summed E-state index contributed by atoms with van der Waals surface area (Å²) in [5.74, 6) is 2.51. The van der Waals surface area contributed by atoms with Gasteiger partial charge in [0, 0.05) is 18.0 Å². The molecule has 1 fully saturated rings. The van der Waals surface area contributed by atoms with Gasteiger partial charge in [-0.25, -0.2) is 4.98 Å². The Bertz CT molecular complexity index is 592. The SMILES string of the molecule is CCCC1CC1Nc1nc(NC)nc2sc(C)cc12. The number of nitrogens with zero attached hydrogens (tertiary/aromatic N) is 2. The third kappa shape index (κ3) is 2.52. The molecule has 2 N–H and O–H groups in total. The van der Waals surface area contributed by atoms with Crippen LogP contribution in [0, 0.1) is 12.8 Å². The zero-order valence-corrected chi connectivity index (χ0v) is 12.5. The summed E-state index contributed by atoms with van der Waals surface area (Å²) in [6, 6.07) is 2.78. The summed E-state index contributed by atoms with van der Waals surface area (Å²) < 4.78 is 0. The second-order valence-electron chi connectivity index (χ2n) is 5.26. The summed E-state index contributed by atoms with van der Waals surface area (Å²) in [5, 5.41) is 7.80. The van der Waals surface area contributed by atoms with Crippen LogP contribution in [0.1, 0.15) is 31.1 Å². The molecule has 2 aromatic heterocycles. The fourth-order valence-electron chi connectivity index (χ4n) is 2.55. The van der Waals surface area contributed by atoms with Crippen LogP contribution in [0.15, 0.2) is 6.07 Å². The quantitative estimate of drug-likeness (QED) is 0.875. The van der Waals surface area contributed by atoms with Crippen molar-refractivity contribution in [1.82, 2.24) is 9.97 Å². The summed E-state index contributed by atoms with van der Waals surface area (Å²) >= 11 is 1.72. The van der Waals surface area contributed by atoms with E-state index in [1.165, 1.54) is 24.1 Å². The topological polar surface area (TPSA) is 49.8 Å². The highest BCUT2D eigenvalue weighted by Gasteiger charge is 2.36. The molecule has 2 aromatic rings. The van der Waals surface area contributed by atoms with E-state index in [2.05, 4.69) is 40.5 Å². The van der Waals surface area contributed by atoms with Gasteiger partial charge in [0.05, 0.1) is 5.39 Å². The Morgan fingerprint density at radius 3 is 3.00 bits per heavy atom. The van der Waals surface area contributed by atoms with Crippen molar-refractivity contribution in [2.75, 3.05) is 17.7 Å². The minimum atomic E-state index is 0.600. The minimum Gasteiger partial charge on any atom is -0.366 e. The molecule has 2 heterocycles. The molecular weight excluding hydrogens is 256 g/mol. The number of hydrogen-bond acceptors (Lipinski definition) is 5. The lowest BCUT2D eigenvalue weighted by Crippen LogP contribution is -2.08. The first-order valence-electron chi connectivity index (χ1n) is 6.93. The van der Waals surface area contributed by atoms with Crippen LogP contribution in [0.5, 0.6) is 0 Å². The van der Waals surface area contributed by atoms with Crippen LogP contribution in [-0.4, -0.2) is 23.1 Å². The summed E-state index contributed by atoms with van der Waals surface area (Å²) in [7, 11) is 1.86. The Morgan fingerprint density at radius 1 is 1.42 bits per heavy atom. The fourth-order valence-corrected chi connectivity index (χ4v) is 3.43. The zero-order chi connectivity index (χ0) is 13.4. The van der Waals surface area contributed by atoms with Gasteiger partial charge in [-0.1, -0.05) is 13.3 Å². The molecule has 0 bridgehead atoms.